The highest BCUT2D eigenvalue weighted by Gasteiger charge is 2.28. The third-order valence-electron chi connectivity index (χ3n) is 4.07. The van der Waals surface area contributed by atoms with Crippen LogP contribution in [0.5, 0.6) is 17.4 Å². The standard InChI is InChI=1S/C19H22N2O4/c1-14-6-7-18(20-11-14)25-17-8-9-21(12-17)19(22)13-24-16-5-3-4-15(10-16)23-2/h3-7,10-11,17H,8-9,12-13H2,1-2H3/t17-/m1/s1. The average molecular weight is 342 g/mol. The molecule has 1 aromatic heterocycles. The molecular weight excluding hydrogens is 320 g/mol. The van der Waals surface area contributed by atoms with Crippen LogP contribution in [-0.2, 0) is 4.79 Å². The molecule has 0 radical (unpaired) electrons. The van der Waals surface area contributed by atoms with Crippen molar-refractivity contribution in [2.24, 2.45) is 0 Å². The number of likely N-dealkylation sites (tertiary alicyclic amines) is 1. The molecule has 0 unspecified atom stereocenters. The summed E-state index contributed by atoms with van der Waals surface area (Å²) >= 11 is 0. The van der Waals surface area contributed by atoms with E-state index in [1.165, 1.54) is 0 Å². The first-order chi connectivity index (χ1) is 12.1. The van der Waals surface area contributed by atoms with Crippen LogP contribution in [-0.4, -0.2) is 48.7 Å². The summed E-state index contributed by atoms with van der Waals surface area (Å²) in [4.78, 5) is 18.3. The van der Waals surface area contributed by atoms with Crippen molar-refractivity contribution in [3.63, 3.8) is 0 Å². The topological polar surface area (TPSA) is 60.9 Å². The first-order valence-electron chi connectivity index (χ1n) is 8.28. The molecule has 132 valence electrons. The summed E-state index contributed by atoms with van der Waals surface area (Å²) in [6.45, 7) is 3.20. The van der Waals surface area contributed by atoms with Crippen LogP contribution >= 0.6 is 0 Å². The van der Waals surface area contributed by atoms with Gasteiger partial charge in [-0.1, -0.05) is 12.1 Å². The highest BCUT2D eigenvalue weighted by atomic mass is 16.5. The molecule has 0 aliphatic carbocycles. The first kappa shape index (κ1) is 17.1. The summed E-state index contributed by atoms with van der Waals surface area (Å²) in [5.74, 6) is 1.86. The molecule has 6 heteroatoms. The number of carbonyl (C=O) groups excluding carboxylic acids is 1. The number of ether oxygens (including phenoxy) is 3. The van der Waals surface area contributed by atoms with E-state index < -0.39 is 0 Å². The van der Waals surface area contributed by atoms with E-state index in [0.717, 1.165) is 12.0 Å². The third-order valence-corrected chi connectivity index (χ3v) is 4.07. The lowest BCUT2D eigenvalue weighted by molar-refractivity contribution is -0.132. The van der Waals surface area contributed by atoms with Gasteiger partial charge >= 0.3 is 0 Å². The molecule has 1 amide bonds. The van der Waals surface area contributed by atoms with Gasteiger partial charge in [0.05, 0.1) is 13.7 Å². The zero-order valence-electron chi connectivity index (χ0n) is 14.5. The number of pyridine rings is 1. The second-order valence-corrected chi connectivity index (χ2v) is 6.01. The predicted molar refractivity (Wildman–Crippen MR) is 93.1 cm³/mol. The zero-order chi connectivity index (χ0) is 17.6. The van der Waals surface area contributed by atoms with Gasteiger partial charge in [0.2, 0.25) is 5.88 Å². The molecule has 0 spiro atoms. The number of aryl methyl sites for hydroxylation is 1. The second-order valence-electron chi connectivity index (χ2n) is 6.01. The minimum Gasteiger partial charge on any atom is -0.497 e. The Hall–Kier alpha value is -2.76. The fourth-order valence-electron chi connectivity index (χ4n) is 2.67. The highest BCUT2D eigenvalue weighted by molar-refractivity contribution is 5.78. The Labute approximate surface area is 147 Å². The average Bonchev–Trinajstić information content (AvgIpc) is 3.10. The number of hydrogen-bond acceptors (Lipinski definition) is 5. The number of benzene rings is 1. The van der Waals surface area contributed by atoms with Gasteiger partial charge in [0.15, 0.2) is 6.61 Å². The molecule has 2 heterocycles. The summed E-state index contributed by atoms with van der Waals surface area (Å²) in [6.07, 6.45) is 2.53. The van der Waals surface area contributed by atoms with Gasteiger partial charge in [-0.3, -0.25) is 4.79 Å². The van der Waals surface area contributed by atoms with Crippen LogP contribution in [0.1, 0.15) is 12.0 Å². The summed E-state index contributed by atoms with van der Waals surface area (Å²) in [5, 5.41) is 0. The number of hydrogen-bond donors (Lipinski definition) is 0. The zero-order valence-corrected chi connectivity index (χ0v) is 14.5. The Morgan fingerprint density at radius 3 is 2.88 bits per heavy atom. The maximum absolute atomic E-state index is 12.3. The second kappa shape index (κ2) is 7.88. The molecule has 1 saturated heterocycles. The molecule has 1 aliphatic rings. The smallest absolute Gasteiger partial charge is 0.260 e. The monoisotopic (exact) mass is 342 g/mol. The van der Waals surface area contributed by atoms with Crippen LogP contribution in [0.15, 0.2) is 42.6 Å². The summed E-state index contributed by atoms with van der Waals surface area (Å²) < 4.78 is 16.5. The SMILES string of the molecule is COc1cccc(OCC(=O)N2CC[C@@H](Oc3ccc(C)cn3)C2)c1. The fraction of sp³-hybridized carbons (Fsp3) is 0.368. The Morgan fingerprint density at radius 1 is 1.28 bits per heavy atom. The Morgan fingerprint density at radius 2 is 2.12 bits per heavy atom. The number of nitrogens with zero attached hydrogens (tertiary/aromatic N) is 2. The minimum atomic E-state index is -0.0502. The van der Waals surface area contributed by atoms with Crippen molar-refractivity contribution < 1.29 is 19.0 Å². The normalized spacial score (nSPS) is 16.6. The van der Waals surface area contributed by atoms with Crippen LogP contribution in [0.3, 0.4) is 0 Å². The van der Waals surface area contributed by atoms with E-state index in [2.05, 4.69) is 4.98 Å². The van der Waals surface area contributed by atoms with Gasteiger partial charge in [-0.15, -0.1) is 0 Å². The first-order valence-corrected chi connectivity index (χ1v) is 8.28. The van der Waals surface area contributed by atoms with Gasteiger partial charge < -0.3 is 19.1 Å². The van der Waals surface area contributed by atoms with Gasteiger partial charge in [0.1, 0.15) is 17.6 Å². The van der Waals surface area contributed by atoms with Crippen molar-refractivity contribution >= 4 is 5.91 Å². The van der Waals surface area contributed by atoms with Crippen molar-refractivity contribution in [3.05, 3.63) is 48.2 Å². The van der Waals surface area contributed by atoms with E-state index >= 15 is 0 Å². The van der Waals surface area contributed by atoms with E-state index in [1.807, 2.05) is 31.2 Å². The van der Waals surface area contributed by atoms with E-state index in [4.69, 9.17) is 14.2 Å². The van der Waals surface area contributed by atoms with Crippen LogP contribution < -0.4 is 14.2 Å². The number of methoxy groups -OCH3 is 1. The molecule has 0 saturated carbocycles. The molecule has 1 aromatic carbocycles. The minimum absolute atomic E-state index is 0.00265. The molecule has 0 N–H and O–H groups in total. The molecule has 3 rings (SSSR count). The number of rotatable bonds is 6. The Bertz CT molecular complexity index is 718. The summed E-state index contributed by atoms with van der Waals surface area (Å²) in [5.41, 5.74) is 1.09. The van der Waals surface area contributed by atoms with E-state index in [1.54, 1.807) is 30.3 Å². The number of aromatic nitrogens is 1. The van der Waals surface area contributed by atoms with Crippen LogP contribution in [0.4, 0.5) is 0 Å². The van der Waals surface area contributed by atoms with Gasteiger partial charge in [-0.05, 0) is 24.6 Å². The molecular formula is C19H22N2O4. The summed E-state index contributed by atoms with van der Waals surface area (Å²) in [7, 11) is 1.59. The molecule has 1 atom stereocenters. The largest absolute Gasteiger partial charge is 0.497 e. The van der Waals surface area contributed by atoms with Crippen molar-refractivity contribution in [2.75, 3.05) is 26.8 Å². The summed E-state index contributed by atoms with van der Waals surface area (Å²) in [6, 6.07) is 11.0. The van der Waals surface area contributed by atoms with Crippen LogP contribution in [0, 0.1) is 6.92 Å². The lowest BCUT2D eigenvalue weighted by atomic mass is 10.3. The van der Waals surface area contributed by atoms with E-state index in [-0.39, 0.29) is 18.6 Å². The molecule has 25 heavy (non-hydrogen) atoms. The van der Waals surface area contributed by atoms with Gasteiger partial charge in [0.25, 0.3) is 5.91 Å². The van der Waals surface area contributed by atoms with E-state index in [9.17, 15) is 4.79 Å². The van der Waals surface area contributed by atoms with Crippen LogP contribution in [0.25, 0.3) is 0 Å². The van der Waals surface area contributed by atoms with Gasteiger partial charge in [0, 0.05) is 31.3 Å². The Balaban J connectivity index is 1.47. The van der Waals surface area contributed by atoms with Crippen molar-refractivity contribution in [3.8, 4) is 17.4 Å². The number of carbonyl (C=O) groups is 1. The number of amides is 1. The molecule has 1 aliphatic heterocycles. The van der Waals surface area contributed by atoms with Gasteiger partial charge in [-0.25, -0.2) is 4.98 Å². The third kappa shape index (κ3) is 4.62. The molecule has 0 bridgehead atoms. The fourth-order valence-corrected chi connectivity index (χ4v) is 2.67. The molecule has 2 aromatic rings. The van der Waals surface area contributed by atoms with E-state index in [0.29, 0.717) is 30.5 Å². The maximum Gasteiger partial charge on any atom is 0.260 e. The lowest BCUT2D eigenvalue weighted by Gasteiger charge is -2.17. The van der Waals surface area contributed by atoms with Crippen molar-refractivity contribution in [1.29, 1.82) is 0 Å². The highest BCUT2D eigenvalue weighted by Crippen LogP contribution is 2.20. The van der Waals surface area contributed by atoms with Crippen molar-refractivity contribution in [1.82, 2.24) is 9.88 Å². The Kier molecular flexibility index (Phi) is 5.38. The predicted octanol–water partition coefficient (Wildman–Crippen LogP) is 2.46. The quantitative estimate of drug-likeness (QED) is 0.807. The van der Waals surface area contributed by atoms with Crippen LogP contribution in [0.2, 0.25) is 0 Å². The molecule has 1 fully saturated rings. The van der Waals surface area contributed by atoms with Gasteiger partial charge in [-0.2, -0.15) is 0 Å². The molecule has 6 nitrogen and oxygen atoms in total. The van der Waals surface area contributed by atoms with Crippen molar-refractivity contribution in [2.45, 2.75) is 19.4 Å². The maximum atomic E-state index is 12.3. The lowest BCUT2D eigenvalue weighted by Crippen LogP contribution is -2.34.